The molecule has 0 N–H and O–H groups in total. The van der Waals surface area contributed by atoms with Crippen molar-refractivity contribution in [2.75, 3.05) is 6.61 Å². The molecule has 0 aliphatic heterocycles. The van der Waals surface area contributed by atoms with Crippen molar-refractivity contribution in [2.45, 2.75) is 91.3 Å². The number of hydrogen-bond acceptors (Lipinski definition) is 1. The van der Waals surface area contributed by atoms with Crippen LogP contribution in [0.15, 0.2) is 0 Å². The van der Waals surface area contributed by atoms with Crippen LogP contribution in [0.25, 0.3) is 0 Å². The standard InChI is InChI=1S/C15H33BO/c1-6-11-15(10-5,17-14-9-4)16(12-7-2)13-8-3/h6-14H2,1-5H3. The molecule has 0 rings (SSSR count). The Hall–Kier alpha value is 0.0249. The summed E-state index contributed by atoms with van der Waals surface area (Å²) in [5, 5.41) is 0. The lowest BCUT2D eigenvalue weighted by Crippen LogP contribution is -2.48. The number of ether oxygens (including phenoxy) is 1. The normalized spacial score (nSPS) is 14.6. The first kappa shape index (κ1) is 17.0. The van der Waals surface area contributed by atoms with Crippen LogP contribution in [0.2, 0.25) is 12.6 Å². The largest absolute Gasteiger partial charge is 0.383 e. The average molecular weight is 240 g/mol. The van der Waals surface area contributed by atoms with Crippen LogP contribution in [-0.4, -0.2) is 18.8 Å². The van der Waals surface area contributed by atoms with E-state index in [-0.39, 0.29) is 5.50 Å². The molecule has 0 aromatic heterocycles. The predicted octanol–water partition coefficient (Wildman–Crippen LogP) is 5.22. The van der Waals surface area contributed by atoms with E-state index in [2.05, 4.69) is 34.6 Å². The summed E-state index contributed by atoms with van der Waals surface area (Å²) in [6.45, 7) is 13.1. The van der Waals surface area contributed by atoms with E-state index in [0.29, 0.717) is 0 Å². The molecule has 0 heterocycles. The molecule has 0 fully saturated rings. The zero-order valence-corrected chi connectivity index (χ0v) is 12.8. The lowest BCUT2D eigenvalue weighted by Gasteiger charge is -2.39. The first-order valence-electron chi connectivity index (χ1n) is 7.84. The van der Waals surface area contributed by atoms with Crippen LogP contribution in [0.3, 0.4) is 0 Å². The summed E-state index contributed by atoms with van der Waals surface area (Å²) in [6.07, 6.45) is 9.99. The highest BCUT2D eigenvalue weighted by Gasteiger charge is 2.38. The number of rotatable bonds is 11. The van der Waals surface area contributed by atoms with E-state index in [1.165, 1.54) is 44.7 Å². The van der Waals surface area contributed by atoms with Crippen molar-refractivity contribution >= 4 is 6.71 Å². The maximum atomic E-state index is 6.34. The van der Waals surface area contributed by atoms with Gasteiger partial charge in [-0.3, -0.25) is 0 Å². The third-order valence-electron chi connectivity index (χ3n) is 3.88. The highest BCUT2D eigenvalue weighted by Crippen LogP contribution is 2.31. The van der Waals surface area contributed by atoms with Crippen molar-refractivity contribution < 1.29 is 4.74 Å². The van der Waals surface area contributed by atoms with Gasteiger partial charge in [-0.15, -0.1) is 0 Å². The van der Waals surface area contributed by atoms with Gasteiger partial charge in [0, 0.05) is 12.1 Å². The Morgan fingerprint density at radius 3 is 1.76 bits per heavy atom. The quantitative estimate of drug-likeness (QED) is 0.450. The minimum atomic E-state index is 0.163. The van der Waals surface area contributed by atoms with E-state index in [1.54, 1.807) is 0 Å². The second-order valence-electron chi connectivity index (χ2n) is 5.29. The Balaban J connectivity index is 4.76. The van der Waals surface area contributed by atoms with Gasteiger partial charge in [0.2, 0.25) is 0 Å². The zero-order valence-electron chi connectivity index (χ0n) is 12.8. The maximum Gasteiger partial charge on any atom is 0.180 e. The molecule has 0 aliphatic rings. The summed E-state index contributed by atoms with van der Waals surface area (Å²) in [5.41, 5.74) is 0.163. The van der Waals surface area contributed by atoms with Crippen molar-refractivity contribution in [3.63, 3.8) is 0 Å². The van der Waals surface area contributed by atoms with Gasteiger partial charge in [-0.05, 0) is 19.3 Å². The van der Waals surface area contributed by atoms with Crippen molar-refractivity contribution in [2.24, 2.45) is 0 Å². The van der Waals surface area contributed by atoms with Gasteiger partial charge in [0.1, 0.15) is 0 Å². The van der Waals surface area contributed by atoms with E-state index in [0.717, 1.165) is 19.7 Å². The smallest absolute Gasteiger partial charge is 0.180 e. The monoisotopic (exact) mass is 240 g/mol. The lowest BCUT2D eigenvalue weighted by atomic mass is 9.32. The SMILES string of the molecule is CCCOC(CC)(CCC)B(CCC)CCC. The molecule has 1 unspecified atom stereocenters. The molecule has 0 aromatic carbocycles. The van der Waals surface area contributed by atoms with Crippen LogP contribution in [0.4, 0.5) is 0 Å². The summed E-state index contributed by atoms with van der Waals surface area (Å²) >= 11 is 0. The molecule has 1 nitrogen and oxygen atoms in total. The fourth-order valence-corrected chi connectivity index (χ4v) is 3.06. The molecule has 17 heavy (non-hydrogen) atoms. The molecule has 1 atom stereocenters. The molecule has 2 heteroatoms. The van der Waals surface area contributed by atoms with Gasteiger partial charge in [0.05, 0.1) is 0 Å². The van der Waals surface area contributed by atoms with Crippen LogP contribution < -0.4 is 0 Å². The Morgan fingerprint density at radius 1 is 0.824 bits per heavy atom. The molecular weight excluding hydrogens is 207 g/mol. The van der Waals surface area contributed by atoms with Crippen LogP contribution in [0.5, 0.6) is 0 Å². The van der Waals surface area contributed by atoms with Gasteiger partial charge in [0.15, 0.2) is 6.71 Å². The fraction of sp³-hybridized carbons (Fsp3) is 1.00. The Morgan fingerprint density at radius 2 is 1.41 bits per heavy atom. The highest BCUT2D eigenvalue weighted by molar-refractivity contribution is 6.62. The third kappa shape index (κ3) is 5.46. The first-order valence-corrected chi connectivity index (χ1v) is 7.84. The summed E-state index contributed by atoms with van der Waals surface area (Å²) < 4.78 is 6.34. The summed E-state index contributed by atoms with van der Waals surface area (Å²) in [7, 11) is 0. The Labute approximate surface area is 110 Å². The van der Waals surface area contributed by atoms with Gasteiger partial charge < -0.3 is 4.74 Å². The topological polar surface area (TPSA) is 9.23 Å². The molecule has 0 amide bonds. The minimum absolute atomic E-state index is 0.163. The van der Waals surface area contributed by atoms with Crippen LogP contribution in [-0.2, 0) is 4.74 Å². The predicted molar refractivity (Wildman–Crippen MR) is 80.1 cm³/mol. The van der Waals surface area contributed by atoms with E-state index >= 15 is 0 Å². The van der Waals surface area contributed by atoms with Crippen molar-refractivity contribution in [1.82, 2.24) is 0 Å². The Kier molecular flexibility index (Phi) is 10.0. The van der Waals surface area contributed by atoms with E-state index in [1.807, 2.05) is 0 Å². The average Bonchev–Trinajstić information content (AvgIpc) is 2.34. The fourth-order valence-electron chi connectivity index (χ4n) is 3.06. The molecule has 0 radical (unpaired) electrons. The first-order chi connectivity index (χ1) is 8.20. The van der Waals surface area contributed by atoms with Crippen molar-refractivity contribution in [1.29, 1.82) is 0 Å². The maximum absolute atomic E-state index is 6.34. The van der Waals surface area contributed by atoms with E-state index in [4.69, 9.17) is 4.74 Å². The van der Waals surface area contributed by atoms with E-state index < -0.39 is 0 Å². The molecule has 0 aliphatic carbocycles. The zero-order chi connectivity index (χ0) is 13.1. The van der Waals surface area contributed by atoms with Gasteiger partial charge in [0.25, 0.3) is 0 Å². The third-order valence-corrected chi connectivity index (χ3v) is 3.88. The van der Waals surface area contributed by atoms with Crippen LogP contribution in [0, 0.1) is 0 Å². The second kappa shape index (κ2) is 9.99. The second-order valence-corrected chi connectivity index (χ2v) is 5.29. The van der Waals surface area contributed by atoms with Gasteiger partial charge in [-0.2, -0.15) is 0 Å². The highest BCUT2D eigenvalue weighted by atomic mass is 16.5. The Bertz CT molecular complexity index is 166. The molecule has 0 aromatic rings. The van der Waals surface area contributed by atoms with Crippen molar-refractivity contribution in [3.05, 3.63) is 0 Å². The summed E-state index contributed by atoms with van der Waals surface area (Å²) in [5.74, 6) is 0. The summed E-state index contributed by atoms with van der Waals surface area (Å²) in [4.78, 5) is 0. The number of hydrogen-bond donors (Lipinski definition) is 0. The molecular formula is C15H33BO. The molecule has 0 saturated carbocycles. The molecule has 102 valence electrons. The minimum Gasteiger partial charge on any atom is -0.383 e. The van der Waals surface area contributed by atoms with Crippen molar-refractivity contribution in [3.8, 4) is 0 Å². The van der Waals surface area contributed by atoms with E-state index in [9.17, 15) is 0 Å². The molecule has 0 bridgehead atoms. The molecule has 0 saturated heterocycles. The molecule has 0 spiro atoms. The van der Waals surface area contributed by atoms with Gasteiger partial charge >= 0.3 is 0 Å². The van der Waals surface area contributed by atoms with Crippen LogP contribution >= 0.6 is 0 Å². The van der Waals surface area contributed by atoms with Gasteiger partial charge in [-0.1, -0.05) is 66.5 Å². The van der Waals surface area contributed by atoms with Gasteiger partial charge in [-0.25, -0.2) is 0 Å². The summed E-state index contributed by atoms with van der Waals surface area (Å²) in [6, 6.07) is 0. The lowest BCUT2D eigenvalue weighted by molar-refractivity contribution is 0.00277. The van der Waals surface area contributed by atoms with Crippen LogP contribution in [0.1, 0.15) is 73.1 Å².